The smallest absolute Gasteiger partial charge is 0.429 e. The Morgan fingerprint density at radius 2 is 1.14 bits per heavy atom. The highest BCUT2D eigenvalue weighted by atomic mass is 35.5. The summed E-state index contributed by atoms with van der Waals surface area (Å²) in [5.74, 6) is -0.160. The number of halogens is 4. The van der Waals surface area contributed by atoms with E-state index in [9.17, 15) is 13.2 Å². The highest BCUT2D eigenvalue weighted by Gasteiger charge is 2.43. The van der Waals surface area contributed by atoms with Crippen LogP contribution in [0.2, 0.25) is 5.15 Å². The predicted molar refractivity (Wildman–Crippen MR) is 186 cm³/mol. The zero-order valence-electron chi connectivity index (χ0n) is 25.4. The van der Waals surface area contributed by atoms with Crippen LogP contribution in [0, 0.1) is 11.3 Å². The van der Waals surface area contributed by atoms with Gasteiger partial charge in [-0.25, -0.2) is 15.0 Å². The summed E-state index contributed by atoms with van der Waals surface area (Å²) in [6, 6.07) is 31.6. The number of benzene rings is 2. The van der Waals surface area contributed by atoms with E-state index in [0.29, 0.717) is 10.9 Å². The van der Waals surface area contributed by atoms with Crippen LogP contribution in [0.4, 0.5) is 13.2 Å². The van der Waals surface area contributed by atoms with Gasteiger partial charge in [0.2, 0.25) is 6.10 Å². The number of hydrogen-bond donors (Lipinski definition) is 2. The molecule has 6 aromatic rings. The molecule has 0 fully saturated rings. The Balaban J connectivity index is 0.000000154. The van der Waals surface area contributed by atoms with Gasteiger partial charge in [0, 0.05) is 33.0 Å². The van der Waals surface area contributed by atoms with Crippen molar-refractivity contribution in [2.24, 2.45) is 0 Å². The van der Waals surface area contributed by atoms with Crippen molar-refractivity contribution < 1.29 is 17.9 Å². The number of pyridine rings is 1. The topological polar surface area (TPSA) is 103 Å². The monoisotopic (exact) mass is 672 g/mol. The van der Waals surface area contributed by atoms with Gasteiger partial charge in [-0.15, -0.1) is 0 Å². The van der Waals surface area contributed by atoms with Crippen LogP contribution in [-0.2, 0) is 0 Å². The Labute approximate surface area is 282 Å². The molecule has 8 rings (SSSR count). The third-order valence-electron chi connectivity index (χ3n) is 7.57. The van der Waals surface area contributed by atoms with Crippen LogP contribution in [0.1, 0.15) is 40.0 Å². The molecule has 240 valence electrons. The number of fused-ring (bicyclic) bond motifs is 9. The molecule has 1 atom stereocenters. The molecule has 1 unspecified atom stereocenters. The second-order valence-electron chi connectivity index (χ2n) is 11.1. The molecular weight excluding hydrogens is 649 g/mol. The fourth-order valence-corrected chi connectivity index (χ4v) is 5.47. The lowest BCUT2D eigenvalue weighted by Crippen LogP contribution is -2.26. The Morgan fingerprint density at radius 1 is 0.653 bits per heavy atom. The van der Waals surface area contributed by atoms with Gasteiger partial charge in [0.1, 0.15) is 0 Å². The molecule has 11 heteroatoms. The molecular formula is C38H24ClF3N6O. The summed E-state index contributed by atoms with van der Waals surface area (Å²) in [7, 11) is 0. The average Bonchev–Trinajstić information content (AvgIpc) is 3.91. The zero-order chi connectivity index (χ0) is 34.0. The standard InChI is InChI=1S/C20H14N4.C18H10ClF3N2O/c1-2-14-10-16-5-6-18(23-16)12-20-8-7-19(24-20)11-17-4-3-15(22-17)9-13(1)21-14;19-17-15(9-13-3-1-2-4-14(13)24-17)25-16(18(20,21)22)12-7-5-11(10-23)6-8-12/h1-12,21,24H;1-9,16H. The average molecular weight is 673 g/mol. The number of nitrogens with zero attached hydrogens (tertiary/aromatic N) is 4. The fraction of sp³-hybridized carbons (Fsp3) is 0.0526. The van der Waals surface area contributed by atoms with Gasteiger partial charge in [-0.3, -0.25) is 0 Å². The molecule has 0 radical (unpaired) electrons. The molecule has 0 spiro atoms. The van der Waals surface area contributed by atoms with Gasteiger partial charge in [-0.05, 0) is 97.1 Å². The largest absolute Gasteiger partial charge is 0.473 e. The van der Waals surface area contributed by atoms with Crippen molar-refractivity contribution in [1.29, 1.82) is 5.26 Å². The summed E-state index contributed by atoms with van der Waals surface area (Å²) in [6.07, 6.45) is 1.21. The van der Waals surface area contributed by atoms with Gasteiger partial charge >= 0.3 is 6.18 Å². The maximum atomic E-state index is 13.5. The number of aromatic nitrogens is 5. The SMILES string of the molecule is C1=Cc2cc3ccc(cc4nc(cc5ccc(cc1n2)[nH]5)C=C4)[nH]3.N#Cc1ccc(C(Oc2cc3ccccc3nc2Cl)C(F)(F)F)cc1. The van der Waals surface area contributed by atoms with Crippen LogP contribution in [0.15, 0.2) is 103 Å². The van der Waals surface area contributed by atoms with Crippen LogP contribution < -0.4 is 4.74 Å². The molecule has 2 N–H and O–H groups in total. The lowest BCUT2D eigenvalue weighted by Gasteiger charge is -2.22. The number of ether oxygens (including phenoxy) is 1. The van der Waals surface area contributed by atoms with E-state index in [0.717, 1.165) is 44.8 Å². The minimum Gasteiger partial charge on any atom is -0.473 e. The van der Waals surface area contributed by atoms with Gasteiger partial charge < -0.3 is 14.7 Å². The first-order chi connectivity index (χ1) is 23.7. The number of aromatic amines is 2. The normalized spacial score (nSPS) is 12.6. The summed E-state index contributed by atoms with van der Waals surface area (Å²) in [4.78, 5) is 20.1. The Morgan fingerprint density at radius 3 is 1.61 bits per heavy atom. The minimum absolute atomic E-state index is 0.129. The van der Waals surface area contributed by atoms with Gasteiger partial charge in [0.05, 0.1) is 39.9 Å². The van der Waals surface area contributed by atoms with E-state index in [-0.39, 0.29) is 22.0 Å². The third-order valence-corrected chi connectivity index (χ3v) is 7.84. The molecule has 2 aliphatic rings. The maximum Gasteiger partial charge on any atom is 0.429 e. The van der Waals surface area contributed by atoms with Crippen molar-refractivity contribution in [3.8, 4) is 11.8 Å². The van der Waals surface area contributed by atoms with Crippen LogP contribution >= 0.6 is 11.6 Å². The van der Waals surface area contributed by atoms with E-state index in [1.807, 2.05) is 54.6 Å². The number of para-hydroxylation sites is 1. The van der Waals surface area contributed by atoms with Crippen molar-refractivity contribution in [1.82, 2.24) is 24.9 Å². The van der Waals surface area contributed by atoms with Gasteiger partial charge in [0.15, 0.2) is 10.9 Å². The molecule has 0 saturated carbocycles. The van der Waals surface area contributed by atoms with Crippen LogP contribution in [0.25, 0.3) is 57.3 Å². The lowest BCUT2D eigenvalue weighted by molar-refractivity contribution is -0.198. The number of nitriles is 1. The van der Waals surface area contributed by atoms with E-state index in [2.05, 4.69) is 49.2 Å². The molecule has 0 amide bonds. The van der Waals surface area contributed by atoms with Crippen LogP contribution in [-0.4, -0.2) is 31.1 Å². The number of hydrogen-bond acceptors (Lipinski definition) is 5. The number of rotatable bonds is 3. The molecule has 0 aliphatic carbocycles. The predicted octanol–water partition coefficient (Wildman–Crippen LogP) is 10.1. The molecule has 49 heavy (non-hydrogen) atoms. The molecule has 4 aromatic heterocycles. The summed E-state index contributed by atoms with van der Waals surface area (Å²) >= 11 is 5.99. The van der Waals surface area contributed by atoms with E-state index in [1.54, 1.807) is 24.3 Å². The first-order valence-corrected chi connectivity index (χ1v) is 15.4. The molecule has 0 saturated heterocycles. The third kappa shape index (κ3) is 7.38. The van der Waals surface area contributed by atoms with E-state index >= 15 is 0 Å². The van der Waals surface area contributed by atoms with Crippen molar-refractivity contribution in [2.45, 2.75) is 12.3 Å². The second kappa shape index (κ2) is 13.1. The molecule has 2 aromatic carbocycles. The highest BCUT2D eigenvalue weighted by Crippen LogP contribution is 2.39. The summed E-state index contributed by atoms with van der Waals surface area (Å²) in [5, 5.41) is 9.23. The maximum absolute atomic E-state index is 13.5. The Bertz CT molecular complexity index is 2280. The molecule has 8 bridgehead atoms. The Kier molecular flexibility index (Phi) is 8.43. The van der Waals surface area contributed by atoms with Crippen molar-refractivity contribution in [2.75, 3.05) is 0 Å². The van der Waals surface area contributed by atoms with Gasteiger partial charge in [-0.1, -0.05) is 41.9 Å². The number of H-pyrrole nitrogens is 2. The number of nitrogens with one attached hydrogen (secondary N) is 2. The minimum atomic E-state index is -4.66. The van der Waals surface area contributed by atoms with Crippen molar-refractivity contribution in [3.05, 3.63) is 142 Å². The van der Waals surface area contributed by atoms with E-state index in [4.69, 9.17) is 21.6 Å². The highest BCUT2D eigenvalue weighted by molar-refractivity contribution is 6.31. The fourth-order valence-electron chi connectivity index (χ4n) is 5.28. The lowest BCUT2D eigenvalue weighted by atomic mass is 10.1. The zero-order valence-corrected chi connectivity index (χ0v) is 26.2. The van der Waals surface area contributed by atoms with Gasteiger partial charge in [-0.2, -0.15) is 18.4 Å². The van der Waals surface area contributed by atoms with Crippen molar-refractivity contribution in [3.63, 3.8) is 0 Å². The first-order valence-electron chi connectivity index (χ1n) is 15.0. The molecule has 7 nitrogen and oxygen atoms in total. The van der Waals surface area contributed by atoms with Gasteiger partial charge in [0.25, 0.3) is 0 Å². The van der Waals surface area contributed by atoms with Crippen molar-refractivity contribution >= 4 is 68.9 Å². The van der Waals surface area contributed by atoms with Crippen LogP contribution in [0.3, 0.4) is 0 Å². The van der Waals surface area contributed by atoms with E-state index in [1.165, 1.54) is 30.3 Å². The summed E-state index contributed by atoms with van der Waals surface area (Å²) < 4.78 is 45.6. The molecule has 2 aliphatic heterocycles. The summed E-state index contributed by atoms with van der Waals surface area (Å²) in [6.45, 7) is 0. The first kappa shape index (κ1) is 31.4. The van der Waals surface area contributed by atoms with E-state index < -0.39 is 12.3 Å². The summed E-state index contributed by atoms with van der Waals surface area (Å²) in [5.41, 5.74) is 8.55. The second-order valence-corrected chi connectivity index (χ2v) is 11.5. The quantitative estimate of drug-likeness (QED) is 0.182. The molecule has 6 heterocycles. The number of alkyl halides is 3. The Hall–Kier alpha value is -6.18. The van der Waals surface area contributed by atoms with Crippen LogP contribution in [0.5, 0.6) is 5.75 Å².